The third-order valence-electron chi connectivity index (χ3n) is 2.44. The van der Waals surface area contributed by atoms with Crippen LogP contribution in [-0.4, -0.2) is 10.9 Å². The molecule has 2 aromatic rings. The van der Waals surface area contributed by atoms with Crippen LogP contribution in [0.1, 0.15) is 12.5 Å². The molecule has 0 saturated carbocycles. The van der Waals surface area contributed by atoms with Crippen LogP contribution in [0.3, 0.4) is 0 Å². The first kappa shape index (κ1) is 11.0. The Bertz CT molecular complexity index is 561. The second-order valence-corrected chi connectivity index (χ2v) is 4.29. The molecule has 0 bridgehead atoms. The molecular formula is C13H11ClO2. The summed E-state index contributed by atoms with van der Waals surface area (Å²) in [6.45, 7) is 1.50. The monoisotopic (exact) mass is 234 g/mol. The second kappa shape index (κ2) is 4.14. The number of hydrogen-bond acceptors (Lipinski definition) is 2. The number of phenolic OH excluding ortho intramolecular Hbond substituents is 1. The molecule has 16 heavy (non-hydrogen) atoms. The number of carbonyl (C=O) groups is 1. The Morgan fingerprint density at radius 1 is 1.25 bits per heavy atom. The van der Waals surface area contributed by atoms with E-state index in [2.05, 4.69) is 0 Å². The van der Waals surface area contributed by atoms with Crippen LogP contribution in [0.4, 0.5) is 0 Å². The van der Waals surface area contributed by atoms with E-state index >= 15 is 0 Å². The largest absolute Gasteiger partial charge is 0.508 e. The van der Waals surface area contributed by atoms with Crippen LogP contribution in [0.5, 0.6) is 5.75 Å². The fourth-order valence-corrected chi connectivity index (χ4v) is 1.89. The molecule has 2 aromatic carbocycles. The van der Waals surface area contributed by atoms with E-state index in [0.29, 0.717) is 10.6 Å². The summed E-state index contributed by atoms with van der Waals surface area (Å²) >= 11 is 5.89. The number of Topliss-reactive ketones (excluding diaryl/α,β-unsaturated/α-hetero) is 1. The quantitative estimate of drug-likeness (QED) is 0.866. The first-order valence-corrected chi connectivity index (χ1v) is 5.34. The van der Waals surface area contributed by atoms with Gasteiger partial charge in [-0.1, -0.05) is 17.7 Å². The fraction of sp³-hybridized carbons (Fsp3) is 0.154. The van der Waals surface area contributed by atoms with Gasteiger partial charge in [-0.3, -0.25) is 4.79 Å². The number of carbonyl (C=O) groups excluding carboxylic acids is 1. The Labute approximate surface area is 98.5 Å². The van der Waals surface area contributed by atoms with Gasteiger partial charge in [0.25, 0.3) is 0 Å². The van der Waals surface area contributed by atoms with Crippen molar-refractivity contribution in [2.75, 3.05) is 0 Å². The van der Waals surface area contributed by atoms with Crippen molar-refractivity contribution in [2.24, 2.45) is 0 Å². The van der Waals surface area contributed by atoms with Crippen molar-refractivity contribution in [2.45, 2.75) is 13.3 Å². The average Bonchev–Trinajstić information content (AvgIpc) is 2.19. The lowest BCUT2D eigenvalue weighted by molar-refractivity contribution is -0.116. The van der Waals surface area contributed by atoms with Gasteiger partial charge in [0.1, 0.15) is 11.5 Å². The van der Waals surface area contributed by atoms with Crippen LogP contribution in [0.25, 0.3) is 10.8 Å². The highest BCUT2D eigenvalue weighted by Crippen LogP contribution is 2.27. The lowest BCUT2D eigenvalue weighted by Crippen LogP contribution is -1.96. The van der Waals surface area contributed by atoms with Crippen molar-refractivity contribution in [1.29, 1.82) is 0 Å². The van der Waals surface area contributed by atoms with Crippen LogP contribution >= 0.6 is 11.6 Å². The molecule has 2 rings (SSSR count). The molecule has 0 saturated heterocycles. The van der Waals surface area contributed by atoms with Gasteiger partial charge in [0, 0.05) is 17.0 Å². The molecule has 0 atom stereocenters. The molecule has 0 radical (unpaired) electrons. The maximum atomic E-state index is 11.0. The lowest BCUT2D eigenvalue weighted by atomic mass is 10.0. The second-order valence-electron chi connectivity index (χ2n) is 3.85. The van der Waals surface area contributed by atoms with Crippen molar-refractivity contribution in [3.05, 3.63) is 40.9 Å². The third kappa shape index (κ3) is 2.17. The van der Waals surface area contributed by atoms with E-state index in [1.165, 1.54) is 6.92 Å². The Hall–Kier alpha value is -1.54. The van der Waals surface area contributed by atoms with E-state index in [9.17, 15) is 9.90 Å². The van der Waals surface area contributed by atoms with E-state index < -0.39 is 0 Å². The molecule has 1 N–H and O–H groups in total. The molecule has 82 valence electrons. The molecule has 2 nitrogen and oxygen atoms in total. The van der Waals surface area contributed by atoms with Gasteiger partial charge in [-0.15, -0.1) is 0 Å². The Morgan fingerprint density at radius 2 is 2.00 bits per heavy atom. The zero-order valence-electron chi connectivity index (χ0n) is 8.83. The van der Waals surface area contributed by atoms with Gasteiger partial charge in [-0.25, -0.2) is 0 Å². The van der Waals surface area contributed by atoms with E-state index in [-0.39, 0.29) is 18.0 Å². The van der Waals surface area contributed by atoms with Gasteiger partial charge in [0.05, 0.1) is 0 Å². The highest BCUT2D eigenvalue weighted by atomic mass is 35.5. The predicted octanol–water partition coefficient (Wildman–Crippen LogP) is 3.33. The molecular weight excluding hydrogens is 224 g/mol. The number of hydrogen-bond donors (Lipinski definition) is 1. The predicted molar refractivity (Wildman–Crippen MR) is 65.0 cm³/mol. The number of aromatic hydroxyl groups is 1. The van der Waals surface area contributed by atoms with Gasteiger partial charge in [0.2, 0.25) is 0 Å². The summed E-state index contributed by atoms with van der Waals surface area (Å²) in [6, 6.07) is 8.89. The minimum absolute atomic E-state index is 0.0247. The van der Waals surface area contributed by atoms with Crippen molar-refractivity contribution in [3.8, 4) is 5.75 Å². The summed E-state index contributed by atoms with van der Waals surface area (Å²) in [4.78, 5) is 11.0. The highest BCUT2D eigenvalue weighted by Gasteiger charge is 2.06. The van der Waals surface area contributed by atoms with E-state index in [1.54, 1.807) is 18.2 Å². The number of benzene rings is 2. The molecule has 0 heterocycles. The minimum atomic E-state index is 0.0247. The number of ketones is 1. The zero-order chi connectivity index (χ0) is 11.7. The highest BCUT2D eigenvalue weighted by molar-refractivity contribution is 6.31. The van der Waals surface area contributed by atoms with Crippen LogP contribution < -0.4 is 0 Å². The van der Waals surface area contributed by atoms with Gasteiger partial charge in [-0.2, -0.15) is 0 Å². The van der Waals surface area contributed by atoms with Crippen LogP contribution in [0, 0.1) is 0 Å². The first-order chi connectivity index (χ1) is 7.56. The van der Waals surface area contributed by atoms with E-state index in [1.807, 2.05) is 12.1 Å². The van der Waals surface area contributed by atoms with Gasteiger partial charge in [-0.05, 0) is 42.0 Å². The van der Waals surface area contributed by atoms with Crippen LogP contribution in [-0.2, 0) is 11.2 Å². The minimum Gasteiger partial charge on any atom is -0.508 e. The fourth-order valence-electron chi connectivity index (χ4n) is 1.71. The van der Waals surface area contributed by atoms with Crippen LogP contribution in [0.2, 0.25) is 5.02 Å². The lowest BCUT2D eigenvalue weighted by Gasteiger charge is -2.05. The van der Waals surface area contributed by atoms with Crippen LogP contribution in [0.15, 0.2) is 30.3 Å². The molecule has 0 fully saturated rings. The Balaban J connectivity index is 2.59. The normalized spacial score (nSPS) is 10.6. The van der Waals surface area contributed by atoms with Crippen molar-refractivity contribution >= 4 is 28.2 Å². The molecule has 0 aliphatic carbocycles. The molecule has 0 spiro atoms. The Morgan fingerprint density at radius 3 is 2.69 bits per heavy atom. The number of halogens is 1. The number of phenols is 1. The van der Waals surface area contributed by atoms with Crippen molar-refractivity contribution < 1.29 is 9.90 Å². The maximum Gasteiger partial charge on any atom is 0.134 e. The molecule has 0 aromatic heterocycles. The summed E-state index contributed by atoms with van der Waals surface area (Å²) in [7, 11) is 0. The number of fused-ring (bicyclic) bond motifs is 1. The smallest absolute Gasteiger partial charge is 0.134 e. The summed E-state index contributed by atoms with van der Waals surface area (Å²) in [6.07, 6.45) is 0.244. The molecule has 0 aliphatic rings. The molecule has 0 aliphatic heterocycles. The first-order valence-electron chi connectivity index (χ1n) is 4.97. The van der Waals surface area contributed by atoms with Gasteiger partial charge >= 0.3 is 0 Å². The average molecular weight is 235 g/mol. The number of rotatable bonds is 2. The molecule has 3 heteroatoms. The summed E-state index contributed by atoms with van der Waals surface area (Å²) in [5.41, 5.74) is 0.641. The van der Waals surface area contributed by atoms with Crippen molar-refractivity contribution in [1.82, 2.24) is 0 Å². The standard InChI is InChI=1S/C13H11ClO2/c1-8(15)4-11-5-10-6-12(14)3-2-9(10)7-13(11)16/h2-3,5-7,16H,4H2,1H3. The topological polar surface area (TPSA) is 37.3 Å². The zero-order valence-corrected chi connectivity index (χ0v) is 9.58. The SMILES string of the molecule is CC(=O)Cc1cc2cc(Cl)ccc2cc1O. The van der Waals surface area contributed by atoms with E-state index in [4.69, 9.17) is 11.6 Å². The Kier molecular flexibility index (Phi) is 2.84. The summed E-state index contributed by atoms with van der Waals surface area (Å²) in [5.74, 6) is 0.182. The maximum absolute atomic E-state index is 11.0. The summed E-state index contributed by atoms with van der Waals surface area (Å²) < 4.78 is 0. The molecule has 0 unspecified atom stereocenters. The van der Waals surface area contributed by atoms with Gasteiger partial charge in [0.15, 0.2) is 0 Å². The molecule has 0 amide bonds. The van der Waals surface area contributed by atoms with Crippen molar-refractivity contribution in [3.63, 3.8) is 0 Å². The third-order valence-corrected chi connectivity index (χ3v) is 2.67. The van der Waals surface area contributed by atoms with E-state index in [0.717, 1.165) is 10.8 Å². The summed E-state index contributed by atoms with van der Waals surface area (Å²) in [5, 5.41) is 12.2. The van der Waals surface area contributed by atoms with Gasteiger partial charge < -0.3 is 5.11 Å².